The van der Waals surface area contributed by atoms with Crippen molar-refractivity contribution in [3.05, 3.63) is 35.8 Å². The van der Waals surface area contributed by atoms with Crippen LogP contribution in [0.5, 0.6) is 0 Å². The number of rotatable bonds is 4. The average Bonchev–Trinajstić information content (AvgIpc) is 2.80. The summed E-state index contributed by atoms with van der Waals surface area (Å²) in [6, 6.07) is 1.40. The summed E-state index contributed by atoms with van der Waals surface area (Å²) < 4.78 is 39.6. The summed E-state index contributed by atoms with van der Waals surface area (Å²) in [7, 11) is 0. The molecule has 6 heteroatoms. The van der Waals surface area contributed by atoms with Gasteiger partial charge in [-0.05, 0) is 12.0 Å². The Bertz CT molecular complexity index is 581. The van der Waals surface area contributed by atoms with Crippen molar-refractivity contribution < 1.29 is 13.2 Å². The molecule has 1 N–H and O–H groups in total. The zero-order chi connectivity index (χ0) is 14.0. The Morgan fingerprint density at radius 1 is 1.16 bits per heavy atom. The van der Waals surface area contributed by atoms with E-state index in [-0.39, 0.29) is 5.56 Å². The van der Waals surface area contributed by atoms with Crippen molar-refractivity contribution in [3.8, 4) is 10.4 Å². The summed E-state index contributed by atoms with van der Waals surface area (Å²) in [6.45, 7) is 4.85. The Labute approximate surface area is 113 Å². The zero-order valence-corrected chi connectivity index (χ0v) is 11.3. The van der Waals surface area contributed by atoms with Gasteiger partial charge in [0.15, 0.2) is 16.8 Å². The van der Waals surface area contributed by atoms with Gasteiger partial charge < -0.3 is 5.32 Å². The van der Waals surface area contributed by atoms with Crippen LogP contribution in [0.25, 0.3) is 10.4 Å². The Morgan fingerprint density at radius 2 is 1.84 bits per heavy atom. The number of nitrogens with one attached hydrogen (secondary N) is 1. The second kappa shape index (κ2) is 5.61. The summed E-state index contributed by atoms with van der Waals surface area (Å²) in [5.74, 6) is -2.60. The molecule has 0 spiro atoms. The fourth-order valence-corrected chi connectivity index (χ4v) is 2.32. The number of anilines is 1. The van der Waals surface area contributed by atoms with Gasteiger partial charge in [0.05, 0.1) is 4.88 Å². The maximum atomic E-state index is 13.6. The molecule has 0 aliphatic heterocycles. The highest BCUT2D eigenvalue weighted by molar-refractivity contribution is 7.18. The van der Waals surface area contributed by atoms with Crippen molar-refractivity contribution in [2.24, 2.45) is 5.92 Å². The van der Waals surface area contributed by atoms with Crippen molar-refractivity contribution >= 4 is 16.5 Å². The molecule has 2 rings (SSSR count). The third kappa shape index (κ3) is 3.26. The van der Waals surface area contributed by atoms with Crippen molar-refractivity contribution in [3.63, 3.8) is 0 Å². The molecule has 2 aromatic rings. The minimum atomic E-state index is -1.19. The molecule has 0 amide bonds. The van der Waals surface area contributed by atoms with E-state index in [1.54, 1.807) is 0 Å². The van der Waals surface area contributed by atoms with E-state index >= 15 is 0 Å². The molecule has 0 bridgehead atoms. The van der Waals surface area contributed by atoms with Gasteiger partial charge in [-0.2, -0.15) is 0 Å². The third-order valence-electron chi connectivity index (χ3n) is 2.44. The van der Waals surface area contributed by atoms with E-state index < -0.39 is 17.5 Å². The molecule has 1 heterocycles. The van der Waals surface area contributed by atoms with Gasteiger partial charge in [0.1, 0.15) is 5.82 Å². The van der Waals surface area contributed by atoms with Gasteiger partial charge >= 0.3 is 0 Å². The number of thiazole rings is 1. The highest BCUT2D eigenvalue weighted by Crippen LogP contribution is 2.32. The van der Waals surface area contributed by atoms with Crippen LogP contribution >= 0.6 is 11.3 Å². The van der Waals surface area contributed by atoms with E-state index in [9.17, 15) is 13.2 Å². The van der Waals surface area contributed by atoms with Crippen molar-refractivity contribution in [1.29, 1.82) is 0 Å². The van der Waals surface area contributed by atoms with E-state index in [1.807, 2.05) is 0 Å². The van der Waals surface area contributed by atoms with E-state index in [2.05, 4.69) is 24.1 Å². The molecule has 0 unspecified atom stereocenters. The lowest BCUT2D eigenvalue weighted by atomic mass is 10.2. The van der Waals surface area contributed by atoms with Crippen molar-refractivity contribution in [2.75, 3.05) is 11.9 Å². The van der Waals surface area contributed by atoms with Gasteiger partial charge in [0.2, 0.25) is 0 Å². The van der Waals surface area contributed by atoms with Crippen LogP contribution in [0.2, 0.25) is 0 Å². The predicted octanol–water partition coefficient (Wildman–Crippen LogP) is 4.30. The van der Waals surface area contributed by atoms with Crippen LogP contribution in [-0.2, 0) is 0 Å². The topological polar surface area (TPSA) is 24.9 Å². The summed E-state index contributed by atoms with van der Waals surface area (Å²) in [5.41, 5.74) is 0.0222. The minimum Gasteiger partial charge on any atom is -0.361 e. The second-order valence-corrected chi connectivity index (χ2v) is 5.58. The second-order valence-electron chi connectivity index (χ2n) is 4.55. The Kier molecular flexibility index (Phi) is 4.09. The molecular formula is C13H13F3N2S. The lowest BCUT2D eigenvalue weighted by molar-refractivity contribution is 0.496. The van der Waals surface area contributed by atoms with Gasteiger partial charge in [-0.3, -0.25) is 0 Å². The molecule has 0 aliphatic carbocycles. The molecule has 102 valence electrons. The normalized spacial score (nSPS) is 11.1. The molecule has 0 saturated carbocycles. The Balaban J connectivity index is 2.25. The highest BCUT2D eigenvalue weighted by Gasteiger charge is 2.14. The van der Waals surface area contributed by atoms with Gasteiger partial charge in [0, 0.05) is 24.4 Å². The monoisotopic (exact) mass is 286 g/mol. The van der Waals surface area contributed by atoms with Crippen LogP contribution < -0.4 is 5.32 Å². The van der Waals surface area contributed by atoms with E-state index in [1.165, 1.54) is 17.5 Å². The smallest absolute Gasteiger partial charge is 0.183 e. The Morgan fingerprint density at radius 3 is 2.53 bits per heavy atom. The molecule has 0 atom stereocenters. The van der Waals surface area contributed by atoms with E-state index in [0.717, 1.165) is 12.6 Å². The molecule has 19 heavy (non-hydrogen) atoms. The quantitative estimate of drug-likeness (QED) is 0.848. The minimum absolute atomic E-state index is 0.0222. The Hall–Kier alpha value is -1.56. The highest BCUT2D eigenvalue weighted by atomic mass is 32.1. The lowest BCUT2D eigenvalue weighted by Gasteiger charge is -2.04. The molecule has 0 aliphatic rings. The average molecular weight is 286 g/mol. The van der Waals surface area contributed by atoms with Crippen LogP contribution in [-0.4, -0.2) is 11.5 Å². The number of hydrogen-bond acceptors (Lipinski definition) is 3. The van der Waals surface area contributed by atoms with Crippen LogP contribution in [0, 0.1) is 23.4 Å². The largest absolute Gasteiger partial charge is 0.361 e. The van der Waals surface area contributed by atoms with Gasteiger partial charge in [-0.25, -0.2) is 18.2 Å². The number of aromatic nitrogens is 1. The fourth-order valence-electron chi connectivity index (χ4n) is 1.48. The van der Waals surface area contributed by atoms with E-state index in [4.69, 9.17) is 0 Å². The van der Waals surface area contributed by atoms with E-state index in [0.29, 0.717) is 22.0 Å². The van der Waals surface area contributed by atoms with Gasteiger partial charge in [-0.15, -0.1) is 0 Å². The zero-order valence-electron chi connectivity index (χ0n) is 10.5. The maximum Gasteiger partial charge on any atom is 0.183 e. The molecule has 1 aromatic heterocycles. The lowest BCUT2D eigenvalue weighted by Crippen LogP contribution is -2.07. The number of benzene rings is 1. The molecule has 0 radical (unpaired) electrons. The molecular weight excluding hydrogens is 273 g/mol. The maximum absolute atomic E-state index is 13.6. The van der Waals surface area contributed by atoms with Crippen LogP contribution in [0.4, 0.5) is 18.3 Å². The number of nitrogens with zero attached hydrogens (tertiary/aromatic N) is 1. The van der Waals surface area contributed by atoms with Crippen molar-refractivity contribution in [2.45, 2.75) is 13.8 Å². The van der Waals surface area contributed by atoms with Gasteiger partial charge in [0.25, 0.3) is 0 Å². The summed E-state index contributed by atoms with van der Waals surface area (Å²) >= 11 is 1.21. The first kappa shape index (κ1) is 13.9. The molecule has 2 nitrogen and oxygen atoms in total. The predicted molar refractivity (Wildman–Crippen MR) is 70.8 cm³/mol. The molecule has 1 aromatic carbocycles. The number of hydrogen-bond donors (Lipinski definition) is 1. The standard InChI is InChI=1S/C13H13F3N2S/c1-7(2)5-17-13-18-6-12(19-13)8-3-10(15)11(16)4-9(8)14/h3-4,6-7H,5H2,1-2H3,(H,17,18). The first-order valence-corrected chi connectivity index (χ1v) is 6.63. The molecule has 0 saturated heterocycles. The third-order valence-corrected chi connectivity index (χ3v) is 3.43. The number of halogens is 3. The van der Waals surface area contributed by atoms with Crippen LogP contribution in [0.15, 0.2) is 18.3 Å². The van der Waals surface area contributed by atoms with Crippen LogP contribution in [0.1, 0.15) is 13.8 Å². The first-order valence-electron chi connectivity index (χ1n) is 5.82. The summed E-state index contributed by atoms with van der Waals surface area (Å²) in [6.07, 6.45) is 1.45. The van der Waals surface area contributed by atoms with Crippen molar-refractivity contribution in [1.82, 2.24) is 4.98 Å². The molecule has 0 fully saturated rings. The van der Waals surface area contributed by atoms with Crippen LogP contribution in [0.3, 0.4) is 0 Å². The fraction of sp³-hybridized carbons (Fsp3) is 0.308. The SMILES string of the molecule is CC(C)CNc1ncc(-c2cc(F)c(F)cc2F)s1. The first-order chi connectivity index (χ1) is 8.97. The summed E-state index contributed by atoms with van der Waals surface area (Å²) in [5, 5.41) is 3.73. The van der Waals surface area contributed by atoms with Gasteiger partial charge in [-0.1, -0.05) is 25.2 Å². The summed E-state index contributed by atoms with van der Waals surface area (Å²) in [4.78, 5) is 4.54.